The summed E-state index contributed by atoms with van der Waals surface area (Å²) in [6.45, 7) is 3.74. The molecule has 1 amide bonds. The first-order valence-corrected chi connectivity index (χ1v) is 13.5. The number of nitriles is 1. The number of likely N-dealkylation sites (N-methyl/N-ethyl adjacent to an activating group) is 1. The molecule has 0 bridgehead atoms. The minimum Gasteiger partial charge on any atom is -0.367 e. The minimum atomic E-state index is -3.15. The second-order valence-electron chi connectivity index (χ2n) is 10.4. The second kappa shape index (κ2) is 12.3. The quantitative estimate of drug-likeness (QED) is 0.367. The number of aromatic nitrogens is 3. The van der Waals surface area contributed by atoms with E-state index in [4.69, 9.17) is 0 Å². The molecule has 0 aliphatic carbocycles. The van der Waals surface area contributed by atoms with Crippen molar-refractivity contribution in [2.24, 2.45) is 0 Å². The summed E-state index contributed by atoms with van der Waals surface area (Å²) >= 11 is 0. The van der Waals surface area contributed by atoms with Gasteiger partial charge in [-0.3, -0.25) is 9.59 Å². The number of carbonyl (C=O) groups excluding carboxylic acids is 1. The standard InChI is InChI=1S/C29H28F4N8O2/c1-15-14-41(9-8-40(15)2)21-11-19(30)24(16-4-3-6-36-26(16)20-5-7-35-22(12-34)38-20)25(31)27(21)39-29(43)18-13-37-23(42)10-17(18)28(32)33/h4-5,7,10-11,13,15,26,28,36H,3,6,8-9,14H2,1-2H3,(H,37,42)(H,39,43)/t15-,26-/m0/s1. The van der Waals surface area contributed by atoms with E-state index in [0.29, 0.717) is 44.4 Å². The number of rotatable bonds is 6. The highest BCUT2D eigenvalue weighted by atomic mass is 19.3. The molecule has 2 atom stereocenters. The van der Waals surface area contributed by atoms with Gasteiger partial charge in [-0.1, -0.05) is 6.08 Å². The number of piperazine rings is 1. The molecule has 2 aromatic heterocycles. The molecule has 43 heavy (non-hydrogen) atoms. The van der Waals surface area contributed by atoms with Gasteiger partial charge in [-0.2, -0.15) is 5.26 Å². The van der Waals surface area contributed by atoms with Gasteiger partial charge in [0.1, 0.15) is 17.6 Å². The van der Waals surface area contributed by atoms with Crippen LogP contribution in [0, 0.1) is 23.0 Å². The van der Waals surface area contributed by atoms with Gasteiger partial charge in [0.15, 0.2) is 5.82 Å². The maximum Gasteiger partial charge on any atom is 0.264 e. The summed E-state index contributed by atoms with van der Waals surface area (Å²) in [6, 6.07) is 4.30. The summed E-state index contributed by atoms with van der Waals surface area (Å²) in [5.41, 5.74) is -2.50. The summed E-state index contributed by atoms with van der Waals surface area (Å²) in [5, 5.41) is 14.8. The van der Waals surface area contributed by atoms with Gasteiger partial charge in [0.2, 0.25) is 11.4 Å². The van der Waals surface area contributed by atoms with Crippen molar-refractivity contribution in [3.63, 3.8) is 0 Å². The average molecular weight is 597 g/mol. The fourth-order valence-corrected chi connectivity index (χ4v) is 5.33. The third kappa shape index (κ3) is 5.99. The number of alkyl halides is 2. The number of halogens is 4. The van der Waals surface area contributed by atoms with Crippen LogP contribution in [0.1, 0.15) is 58.8 Å². The monoisotopic (exact) mass is 596 g/mol. The number of pyridine rings is 1. The number of benzene rings is 1. The highest BCUT2D eigenvalue weighted by Gasteiger charge is 2.33. The third-order valence-electron chi connectivity index (χ3n) is 7.70. The lowest BCUT2D eigenvalue weighted by Crippen LogP contribution is -2.50. The van der Waals surface area contributed by atoms with Crippen molar-refractivity contribution < 1.29 is 22.4 Å². The first-order valence-electron chi connectivity index (χ1n) is 13.5. The van der Waals surface area contributed by atoms with Crippen LogP contribution in [0.15, 0.2) is 41.5 Å². The van der Waals surface area contributed by atoms with Crippen molar-refractivity contribution in [1.29, 1.82) is 5.26 Å². The van der Waals surface area contributed by atoms with Gasteiger partial charge in [0, 0.05) is 55.8 Å². The molecule has 1 saturated heterocycles. The number of anilines is 2. The molecule has 2 aliphatic heterocycles. The highest BCUT2D eigenvalue weighted by Crippen LogP contribution is 2.41. The molecule has 5 rings (SSSR count). The largest absolute Gasteiger partial charge is 0.367 e. The normalized spacial score (nSPS) is 19.2. The van der Waals surface area contributed by atoms with E-state index in [1.807, 2.05) is 20.0 Å². The molecule has 1 aromatic carbocycles. The number of hydrogen-bond donors (Lipinski definition) is 3. The Kier molecular flexibility index (Phi) is 8.56. The van der Waals surface area contributed by atoms with E-state index in [0.717, 1.165) is 12.3 Å². The molecular formula is C29H28F4N8O2. The lowest BCUT2D eigenvalue weighted by atomic mass is 9.90. The number of H-pyrrole nitrogens is 1. The molecule has 10 nitrogen and oxygen atoms in total. The van der Waals surface area contributed by atoms with E-state index in [2.05, 4.69) is 30.5 Å². The molecule has 2 aliphatic rings. The number of carbonyl (C=O) groups is 1. The molecule has 0 saturated carbocycles. The van der Waals surface area contributed by atoms with E-state index in [1.165, 1.54) is 12.3 Å². The molecule has 0 spiro atoms. The van der Waals surface area contributed by atoms with Gasteiger partial charge in [0.05, 0.1) is 28.6 Å². The number of amides is 1. The number of nitrogens with zero attached hydrogens (tertiary/aromatic N) is 5. The van der Waals surface area contributed by atoms with Crippen molar-refractivity contribution in [1.82, 2.24) is 25.2 Å². The number of hydrogen-bond acceptors (Lipinski definition) is 8. The van der Waals surface area contributed by atoms with Gasteiger partial charge in [0.25, 0.3) is 12.3 Å². The maximum absolute atomic E-state index is 16.7. The summed E-state index contributed by atoms with van der Waals surface area (Å²) < 4.78 is 60.2. The molecule has 4 heterocycles. The smallest absolute Gasteiger partial charge is 0.264 e. The van der Waals surface area contributed by atoms with Crippen LogP contribution in [0.3, 0.4) is 0 Å². The predicted octanol–water partition coefficient (Wildman–Crippen LogP) is 3.76. The second-order valence-corrected chi connectivity index (χ2v) is 10.4. The van der Waals surface area contributed by atoms with Crippen LogP contribution in [-0.2, 0) is 0 Å². The molecule has 3 aromatic rings. The fraction of sp³-hybridized carbons (Fsp3) is 0.345. The molecule has 0 radical (unpaired) electrons. The predicted molar refractivity (Wildman–Crippen MR) is 151 cm³/mol. The zero-order chi connectivity index (χ0) is 30.8. The minimum absolute atomic E-state index is 0.00876. The average Bonchev–Trinajstić information content (AvgIpc) is 3.00. The Bertz CT molecular complexity index is 1690. The van der Waals surface area contributed by atoms with Crippen LogP contribution < -0.4 is 21.1 Å². The fourth-order valence-electron chi connectivity index (χ4n) is 5.33. The lowest BCUT2D eigenvalue weighted by molar-refractivity contribution is 0.101. The van der Waals surface area contributed by atoms with Crippen LogP contribution in [0.4, 0.5) is 28.9 Å². The van der Waals surface area contributed by atoms with Gasteiger partial charge < -0.3 is 25.4 Å². The van der Waals surface area contributed by atoms with Crippen LogP contribution >= 0.6 is 0 Å². The topological polar surface area (TPSA) is 130 Å². The van der Waals surface area contributed by atoms with Gasteiger partial charge in [-0.05, 0) is 38.6 Å². The van der Waals surface area contributed by atoms with Crippen molar-refractivity contribution in [2.45, 2.75) is 31.9 Å². The molecule has 1 fully saturated rings. The highest BCUT2D eigenvalue weighted by molar-refractivity contribution is 6.07. The van der Waals surface area contributed by atoms with Crippen molar-refractivity contribution in [3.05, 3.63) is 86.9 Å². The zero-order valence-electron chi connectivity index (χ0n) is 23.3. The third-order valence-corrected chi connectivity index (χ3v) is 7.70. The van der Waals surface area contributed by atoms with E-state index in [9.17, 15) is 23.6 Å². The Hall–Kier alpha value is -4.61. The Morgan fingerprint density at radius 2 is 2.05 bits per heavy atom. The van der Waals surface area contributed by atoms with E-state index in [1.54, 1.807) is 11.0 Å². The maximum atomic E-state index is 16.7. The zero-order valence-corrected chi connectivity index (χ0v) is 23.3. The lowest BCUT2D eigenvalue weighted by Gasteiger charge is -2.40. The van der Waals surface area contributed by atoms with E-state index < -0.39 is 57.9 Å². The molecule has 224 valence electrons. The first-order chi connectivity index (χ1) is 20.6. The van der Waals surface area contributed by atoms with Gasteiger partial charge in [-0.15, -0.1) is 0 Å². The van der Waals surface area contributed by atoms with E-state index in [-0.39, 0.29) is 23.1 Å². The van der Waals surface area contributed by atoms with Crippen LogP contribution in [0.5, 0.6) is 0 Å². The van der Waals surface area contributed by atoms with Gasteiger partial charge >= 0.3 is 0 Å². The van der Waals surface area contributed by atoms with Gasteiger partial charge in [-0.25, -0.2) is 27.5 Å². The Morgan fingerprint density at radius 1 is 1.26 bits per heavy atom. The number of nitrogens with one attached hydrogen (secondary N) is 3. The molecule has 0 unspecified atom stereocenters. The Labute approximate surface area is 244 Å². The number of aromatic amines is 1. The van der Waals surface area contributed by atoms with Crippen molar-refractivity contribution in [3.8, 4) is 6.07 Å². The molecule has 3 N–H and O–H groups in total. The first kappa shape index (κ1) is 29.9. The molecule has 14 heteroatoms. The van der Waals surface area contributed by atoms with Crippen LogP contribution in [-0.4, -0.2) is 65.0 Å². The Balaban J connectivity index is 1.64. The molecular weight excluding hydrogens is 568 g/mol. The Morgan fingerprint density at radius 3 is 2.77 bits per heavy atom. The summed E-state index contributed by atoms with van der Waals surface area (Å²) in [4.78, 5) is 39.1. The van der Waals surface area contributed by atoms with Crippen molar-refractivity contribution in [2.75, 3.05) is 43.4 Å². The summed E-state index contributed by atoms with van der Waals surface area (Å²) in [6.07, 6.45) is 1.13. The van der Waals surface area contributed by atoms with Crippen LogP contribution in [0.2, 0.25) is 0 Å². The van der Waals surface area contributed by atoms with Crippen LogP contribution in [0.25, 0.3) is 5.57 Å². The summed E-state index contributed by atoms with van der Waals surface area (Å²) in [5.74, 6) is -3.22. The SMILES string of the molecule is C[C@H]1CN(c2cc(F)c(C3=CCCN[C@@H]3c3ccnc(C#N)n3)c(F)c2NC(=O)c2c[nH]c(=O)cc2C(F)F)CCN1C. The van der Waals surface area contributed by atoms with Crippen molar-refractivity contribution >= 4 is 22.9 Å². The summed E-state index contributed by atoms with van der Waals surface area (Å²) in [7, 11) is 1.92. The van der Waals surface area contributed by atoms with E-state index >= 15 is 8.78 Å².